The Hall–Kier alpha value is -3.93. The molecule has 0 spiro atoms. The summed E-state index contributed by atoms with van der Waals surface area (Å²) in [6.45, 7) is -0.327. The predicted molar refractivity (Wildman–Crippen MR) is 120 cm³/mol. The Morgan fingerprint density at radius 2 is 1.63 bits per heavy atom. The van der Waals surface area contributed by atoms with Crippen LogP contribution in [0.2, 0.25) is 0 Å². The Morgan fingerprint density at radius 1 is 1.00 bits per heavy atom. The highest BCUT2D eigenvalue weighted by Crippen LogP contribution is 2.37. The van der Waals surface area contributed by atoms with Crippen molar-refractivity contribution in [1.82, 2.24) is 0 Å². The van der Waals surface area contributed by atoms with Gasteiger partial charge >= 0.3 is 6.36 Å². The van der Waals surface area contributed by atoms with Gasteiger partial charge in [0, 0.05) is 5.69 Å². The highest BCUT2D eigenvalue weighted by molar-refractivity contribution is 7.92. The first-order chi connectivity index (χ1) is 16.6. The number of ether oxygens (including phenoxy) is 3. The SMILES string of the molecule is COc1ccc(S(=O)(=O)N2CC(C(=O)Nc3ccc(OC(F)(F)F)cc3)Oc3ccccc32)cc1. The van der Waals surface area contributed by atoms with E-state index in [0.717, 1.165) is 16.4 Å². The predicted octanol–water partition coefficient (Wildman–Crippen LogP) is 4.19. The Morgan fingerprint density at radius 3 is 2.26 bits per heavy atom. The van der Waals surface area contributed by atoms with Crippen molar-refractivity contribution in [2.45, 2.75) is 17.4 Å². The van der Waals surface area contributed by atoms with Crippen LogP contribution in [0.5, 0.6) is 17.2 Å². The van der Waals surface area contributed by atoms with E-state index in [0.29, 0.717) is 5.75 Å². The largest absolute Gasteiger partial charge is 0.573 e. The molecule has 0 fully saturated rings. The summed E-state index contributed by atoms with van der Waals surface area (Å²) in [5, 5.41) is 2.52. The number of benzene rings is 3. The Kier molecular flexibility index (Phi) is 6.48. The number of anilines is 2. The lowest BCUT2D eigenvalue weighted by atomic mass is 10.2. The molecule has 1 aliphatic rings. The Labute approximate surface area is 198 Å². The van der Waals surface area contributed by atoms with Crippen LogP contribution in [0.3, 0.4) is 0 Å². The van der Waals surface area contributed by atoms with Crippen molar-refractivity contribution in [3.8, 4) is 17.2 Å². The number of nitrogens with zero attached hydrogens (tertiary/aromatic N) is 1. The van der Waals surface area contributed by atoms with E-state index in [1.807, 2.05) is 0 Å². The highest BCUT2D eigenvalue weighted by Gasteiger charge is 2.37. The van der Waals surface area contributed by atoms with E-state index in [-0.39, 0.29) is 28.6 Å². The van der Waals surface area contributed by atoms with Gasteiger partial charge < -0.3 is 19.5 Å². The molecule has 0 aliphatic carbocycles. The number of sulfonamides is 1. The normalized spacial score (nSPS) is 15.5. The number of alkyl halides is 3. The minimum atomic E-state index is -4.84. The topological polar surface area (TPSA) is 94.2 Å². The van der Waals surface area contributed by atoms with Gasteiger partial charge in [-0.15, -0.1) is 13.2 Å². The van der Waals surface area contributed by atoms with Gasteiger partial charge in [0.1, 0.15) is 17.2 Å². The minimum absolute atomic E-state index is 0.00517. The van der Waals surface area contributed by atoms with E-state index >= 15 is 0 Å². The number of carbonyl (C=O) groups excluding carboxylic acids is 1. The van der Waals surface area contributed by atoms with Crippen molar-refractivity contribution >= 4 is 27.3 Å². The minimum Gasteiger partial charge on any atom is -0.497 e. The van der Waals surface area contributed by atoms with E-state index in [2.05, 4.69) is 10.1 Å². The third-order valence-electron chi connectivity index (χ3n) is 5.03. The van der Waals surface area contributed by atoms with Crippen LogP contribution < -0.4 is 23.8 Å². The summed E-state index contributed by atoms with van der Waals surface area (Å²) in [5.74, 6) is -0.464. The van der Waals surface area contributed by atoms with Crippen molar-refractivity contribution in [1.29, 1.82) is 0 Å². The zero-order chi connectivity index (χ0) is 25.2. The standard InChI is InChI=1S/C23H19F3N2O6S/c1-32-16-10-12-18(13-11-16)35(30,31)28-14-21(33-20-5-3-2-4-19(20)28)22(29)27-15-6-8-17(9-7-15)34-23(24,25)26/h2-13,21H,14H2,1H3,(H,27,29). The lowest BCUT2D eigenvalue weighted by molar-refractivity contribution is -0.274. The number of methoxy groups -OCH3 is 1. The number of nitrogens with one attached hydrogen (secondary N) is 1. The average Bonchev–Trinajstić information content (AvgIpc) is 2.83. The van der Waals surface area contributed by atoms with Gasteiger partial charge in [-0.3, -0.25) is 9.10 Å². The van der Waals surface area contributed by atoms with Crippen LogP contribution in [0, 0.1) is 0 Å². The molecule has 0 radical (unpaired) electrons. The second-order valence-corrected chi connectivity index (χ2v) is 9.21. The molecule has 0 aromatic heterocycles. The first kappa shape index (κ1) is 24.2. The summed E-state index contributed by atoms with van der Waals surface area (Å²) >= 11 is 0. The van der Waals surface area contributed by atoms with Crippen LogP contribution in [0.25, 0.3) is 0 Å². The van der Waals surface area contributed by atoms with Crippen LogP contribution in [0.4, 0.5) is 24.5 Å². The quantitative estimate of drug-likeness (QED) is 0.537. The number of para-hydroxylation sites is 2. The molecule has 1 atom stereocenters. The number of fused-ring (bicyclic) bond motifs is 1. The molecule has 1 unspecified atom stereocenters. The first-order valence-corrected chi connectivity index (χ1v) is 11.6. The van der Waals surface area contributed by atoms with E-state index < -0.39 is 34.1 Å². The molecule has 3 aromatic rings. The summed E-state index contributed by atoms with van der Waals surface area (Å²) in [4.78, 5) is 12.9. The number of carbonyl (C=O) groups is 1. The van der Waals surface area contributed by atoms with Crippen molar-refractivity contribution in [3.63, 3.8) is 0 Å². The van der Waals surface area contributed by atoms with Crippen molar-refractivity contribution in [2.24, 2.45) is 0 Å². The molecule has 1 heterocycles. The molecule has 0 saturated carbocycles. The average molecular weight is 508 g/mol. The van der Waals surface area contributed by atoms with E-state index in [1.165, 1.54) is 49.6 Å². The smallest absolute Gasteiger partial charge is 0.497 e. The molecule has 3 aromatic carbocycles. The molecular weight excluding hydrogens is 489 g/mol. The van der Waals surface area contributed by atoms with Gasteiger partial charge in [0.25, 0.3) is 15.9 Å². The van der Waals surface area contributed by atoms with Gasteiger partial charge in [-0.1, -0.05) is 12.1 Å². The van der Waals surface area contributed by atoms with Crippen LogP contribution in [-0.2, 0) is 14.8 Å². The maximum Gasteiger partial charge on any atom is 0.573 e. The van der Waals surface area contributed by atoms with Crippen molar-refractivity contribution in [3.05, 3.63) is 72.8 Å². The number of halogens is 3. The number of amides is 1. The van der Waals surface area contributed by atoms with Gasteiger partial charge in [-0.05, 0) is 60.7 Å². The maximum absolute atomic E-state index is 13.4. The van der Waals surface area contributed by atoms with Gasteiger partial charge in [0.15, 0.2) is 6.10 Å². The molecule has 35 heavy (non-hydrogen) atoms. The zero-order valence-corrected chi connectivity index (χ0v) is 19.0. The first-order valence-electron chi connectivity index (χ1n) is 10.2. The fourth-order valence-electron chi connectivity index (χ4n) is 3.40. The van der Waals surface area contributed by atoms with Gasteiger partial charge in [-0.2, -0.15) is 0 Å². The van der Waals surface area contributed by atoms with Crippen molar-refractivity contribution in [2.75, 3.05) is 23.3 Å². The van der Waals surface area contributed by atoms with Crippen LogP contribution >= 0.6 is 0 Å². The fourth-order valence-corrected chi connectivity index (χ4v) is 4.88. The lowest BCUT2D eigenvalue weighted by Crippen LogP contribution is -2.48. The molecule has 184 valence electrons. The summed E-state index contributed by atoms with van der Waals surface area (Å²) in [6.07, 6.45) is -6.07. The zero-order valence-electron chi connectivity index (χ0n) is 18.2. The van der Waals surface area contributed by atoms with Gasteiger partial charge in [-0.25, -0.2) is 8.42 Å². The Bertz CT molecular complexity index is 1310. The number of rotatable bonds is 6. The molecule has 8 nitrogen and oxygen atoms in total. The lowest BCUT2D eigenvalue weighted by Gasteiger charge is -2.34. The molecule has 12 heteroatoms. The van der Waals surface area contributed by atoms with Crippen LogP contribution in [0.1, 0.15) is 0 Å². The molecule has 1 N–H and O–H groups in total. The summed E-state index contributed by atoms with van der Waals surface area (Å²) < 4.78 is 79.6. The van der Waals surface area contributed by atoms with Crippen molar-refractivity contribution < 1.29 is 40.6 Å². The fraction of sp³-hybridized carbons (Fsp3) is 0.174. The molecule has 4 rings (SSSR count). The molecule has 0 saturated heterocycles. The third-order valence-corrected chi connectivity index (χ3v) is 6.82. The molecule has 0 bridgehead atoms. The molecular formula is C23H19F3N2O6S. The second-order valence-electron chi connectivity index (χ2n) is 7.35. The summed E-state index contributed by atoms with van der Waals surface area (Å²) in [7, 11) is -2.61. The molecule has 1 aliphatic heterocycles. The van der Waals surface area contributed by atoms with Crippen LogP contribution in [-0.4, -0.2) is 40.4 Å². The maximum atomic E-state index is 13.4. The second kappa shape index (κ2) is 9.37. The molecule has 1 amide bonds. The number of hydrogen-bond donors (Lipinski definition) is 1. The number of hydrogen-bond acceptors (Lipinski definition) is 6. The third kappa shape index (κ3) is 5.43. The van der Waals surface area contributed by atoms with Crippen LogP contribution in [0.15, 0.2) is 77.7 Å². The summed E-state index contributed by atoms with van der Waals surface area (Å²) in [5.41, 5.74) is 0.442. The van der Waals surface area contributed by atoms with E-state index in [4.69, 9.17) is 9.47 Å². The van der Waals surface area contributed by atoms with Gasteiger partial charge in [0.2, 0.25) is 0 Å². The van der Waals surface area contributed by atoms with E-state index in [9.17, 15) is 26.4 Å². The van der Waals surface area contributed by atoms with Gasteiger partial charge in [0.05, 0.1) is 24.2 Å². The monoisotopic (exact) mass is 508 g/mol. The Balaban J connectivity index is 1.56. The highest BCUT2D eigenvalue weighted by atomic mass is 32.2. The summed E-state index contributed by atoms with van der Waals surface area (Å²) in [6, 6.07) is 16.7. The van der Waals surface area contributed by atoms with E-state index in [1.54, 1.807) is 18.2 Å².